The van der Waals surface area contributed by atoms with Crippen molar-refractivity contribution in [1.29, 1.82) is 0 Å². The normalized spacial score (nSPS) is 10.0. The molecule has 116 valence electrons. The number of benzene rings is 2. The van der Waals surface area contributed by atoms with Crippen LogP contribution in [0.4, 0.5) is 4.79 Å². The molecule has 4 nitrogen and oxygen atoms in total. The number of carbonyl (C=O) groups is 1. The van der Waals surface area contributed by atoms with Crippen LogP contribution in [0.5, 0.6) is 11.5 Å². The third-order valence-electron chi connectivity index (χ3n) is 3.27. The average Bonchev–Trinajstić information content (AvgIpc) is 2.56. The fourth-order valence-electron chi connectivity index (χ4n) is 2.07. The summed E-state index contributed by atoms with van der Waals surface area (Å²) < 4.78 is 10.3. The zero-order valence-corrected chi connectivity index (χ0v) is 12.7. The third-order valence-corrected chi connectivity index (χ3v) is 3.27. The standard InChI is InChI=1S/C18H21NO3/c1-21-16-12-10-15(11-13-16)7-5-6-14-19-18(20)22-17-8-3-2-4-9-17/h2-4,8-13H,5-7,14H2,1H3,(H,19,20). The molecular weight excluding hydrogens is 278 g/mol. The van der Waals surface area contributed by atoms with Gasteiger partial charge in [-0.1, -0.05) is 30.3 Å². The van der Waals surface area contributed by atoms with E-state index >= 15 is 0 Å². The Morgan fingerprint density at radius 3 is 2.36 bits per heavy atom. The Morgan fingerprint density at radius 2 is 1.68 bits per heavy atom. The maximum Gasteiger partial charge on any atom is 0.412 e. The minimum Gasteiger partial charge on any atom is -0.497 e. The molecule has 0 aliphatic carbocycles. The highest BCUT2D eigenvalue weighted by Crippen LogP contribution is 2.13. The SMILES string of the molecule is COc1ccc(CCCCNC(=O)Oc2ccccc2)cc1. The van der Waals surface area contributed by atoms with Crippen molar-refractivity contribution in [1.82, 2.24) is 5.32 Å². The predicted octanol–water partition coefficient (Wildman–Crippen LogP) is 3.81. The van der Waals surface area contributed by atoms with Crippen molar-refractivity contribution >= 4 is 6.09 Å². The van der Waals surface area contributed by atoms with Crippen molar-refractivity contribution in [3.63, 3.8) is 0 Å². The number of rotatable bonds is 7. The second-order valence-corrected chi connectivity index (χ2v) is 4.93. The first-order chi connectivity index (χ1) is 10.8. The first-order valence-electron chi connectivity index (χ1n) is 7.41. The molecule has 0 aliphatic rings. The van der Waals surface area contributed by atoms with Gasteiger partial charge < -0.3 is 14.8 Å². The van der Waals surface area contributed by atoms with Crippen LogP contribution in [0, 0.1) is 0 Å². The number of unbranched alkanes of at least 4 members (excludes halogenated alkanes) is 1. The molecular formula is C18H21NO3. The summed E-state index contributed by atoms with van der Waals surface area (Å²) in [4.78, 5) is 11.6. The molecule has 2 aromatic rings. The average molecular weight is 299 g/mol. The van der Waals surface area contributed by atoms with Crippen molar-refractivity contribution in [2.75, 3.05) is 13.7 Å². The van der Waals surface area contributed by atoms with Gasteiger partial charge in [0.2, 0.25) is 0 Å². The Bertz CT molecular complexity index is 567. The van der Waals surface area contributed by atoms with Crippen LogP contribution in [-0.4, -0.2) is 19.7 Å². The zero-order chi connectivity index (χ0) is 15.6. The molecule has 1 N–H and O–H groups in total. The van der Waals surface area contributed by atoms with E-state index in [2.05, 4.69) is 17.4 Å². The Balaban J connectivity index is 1.59. The lowest BCUT2D eigenvalue weighted by Crippen LogP contribution is -2.27. The number of amides is 1. The highest BCUT2D eigenvalue weighted by atomic mass is 16.6. The first-order valence-corrected chi connectivity index (χ1v) is 7.41. The van der Waals surface area contributed by atoms with Crippen LogP contribution in [0.15, 0.2) is 54.6 Å². The second kappa shape index (κ2) is 8.72. The molecule has 0 saturated heterocycles. The van der Waals surface area contributed by atoms with Crippen LogP contribution in [0.3, 0.4) is 0 Å². The van der Waals surface area contributed by atoms with E-state index in [9.17, 15) is 4.79 Å². The van der Waals surface area contributed by atoms with Gasteiger partial charge >= 0.3 is 6.09 Å². The quantitative estimate of drug-likeness (QED) is 0.791. The number of hydrogen-bond donors (Lipinski definition) is 1. The predicted molar refractivity (Wildman–Crippen MR) is 86.4 cm³/mol. The lowest BCUT2D eigenvalue weighted by Gasteiger charge is -2.07. The Kier molecular flexibility index (Phi) is 6.30. The number of para-hydroxylation sites is 1. The third kappa shape index (κ3) is 5.48. The number of carbonyl (C=O) groups excluding carboxylic acids is 1. The molecule has 0 bridgehead atoms. The fourth-order valence-corrected chi connectivity index (χ4v) is 2.07. The molecule has 2 rings (SSSR count). The number of methoxy groups -OCH3 is 1. The lowest BCUT2D eigenvalue weighted by atomic mass is 10.1. The summed E-state index contributed by atoms with van der Waals surface area (Å²) in [6.07, 6.45) is 2.50. The summed E-state index contributed by atoms with van der Waals surface area (Å²) in [5.74, 6) is 1.42. The molecule has 0 aliphatic heterocycles. The van der Waals surface area contributed by atoms with Gasteiger partial charge in [0.1, 0.15) is 11.5 Å². The summed E-state index contributed by atoms with van der Waals surface area (Å²) in [5.41, 5.74) is 1.27. The van der Waals surface area contributed by atoms with Crippen LogP contribution < -0.4 is 14.8 Å². The summed E-state index contributed by atoms with van der Waals surface area (Å²) in [5, 5.41) is 2.75. The van der Waals surface area contributed by atoms with Gasteiger partial charge in [0.05, 0.1) is 7.11 Å². The number of hydrogen-bond acceptors (Lipinski definition) is 3. The first kappa shape index (κ1) is 15.9. The van der Waals surface area contributed by atoms with E-state index in [4.69, 9.17) is 9.47 Å². The van der Waals surface area contributed by atoms with E-state index < -0.39 is 6.09 Å². The second-order valence-electron chi connectivity index (χ2n) is 4.93. The Morgan fingerprint density at radius 1 is 0.955 bits per heavy atom. The van der Waals surface area contributed by atoms with Crippen LogP contribution in [0.1, 0.15) is 18.4 Å². The number of nitrogens with one attached hydrogen (secondary N) is 1. The van der Waals surface area contributed by atoms with Crippen LogP contribution in [0.25, 0.3) is 0 Å². The van der Waals surface area contributed by atoms with Crippen molar-refractivity contribution < 1.29 is 14.3 Å². The van der Waals surface area contributed by atoms with Gasteiger partial charge in [0.15, 0.2) is 0 Å². The molecule has 0 saturated carbocycles. The largest absolute Gasteiger partial charge is 0.497 e. The molecule has 2 aromatic carbocycles. The molecule has 0 aromatic heterocycles. The molecule has 0 unspecified atom stereocenters. The maximum absolute atomic E-state index is 11.6. The summed E-state index contributed by atoms with van der Waals surface area (Å²) >= 11 is 0. The van der Waals surface area contributed by atoms with E-state index in [0.29, 0.717) is 12.3 Å². The van der Waals surface area contributed by atoms with Crippen molar-refractivity contribution in [3.05, 3.63) is 60.2 Å². The minimum absolute atomic E-state index is 0.407. The maximum atomic E-state index is 11.6. The summed E-state index contributed by atoms with van der Waals surface area (Å²) in [6, 6.07) is 17.1. The summed E-state index contributed by atoms with van der Waals surface area (Å²) in [6.45, 7) is 0.613. The van der Waals surface area contributed by atoms with Crippen molar-refractivity contribution in [2.45, 2.75) is 19.3 Å². The molecule has 22 heavy (non-hydrogen) atoms. The monoisotopic (exact) mass is 299 g/mol. The molecule has 0 heterocycles. The highest BCUT2D eigenvalue weighted by molar-refractivity contribution is 5.70. The topological polar surface area (TPSA) is 47.6 Å². The van der Waals surface area contributed by atoms with Gasteiger partial charge in [0, 0.05) is 6.54 Å². The molecule has 4 heteroatoms. The van der Waals surface area contributed by atoms with E-state index in [1.807, 2.05) is 30.3 Å². The Labute approximate surface area is 131 Å². The fraction of sp³-hybridized carbons (Fsp3) is 0.278. The van der Waals surface area contributed by atoms with E-state index in [0.717, 1.165) is 25.0 Å². The van der Waals surface area contributed by atoms with Crippen LogP contribution >= 0.6 is 0 Å². The molecule has 0 spiro atoms. The highest BCUT2D eigenvalue weighted by Gasteiger charge is 2.02. The lowest BCUT2D eigenvalue weighted by molar-refractivity contribution is 0.200. The van der Waals surface area contributed by atoms with E-state index in [-0.39, 0.29) is 0 Å². The van der Waals surface area contributed by atoms with Gasteiger partial charge in [0.25, 0.3) is 0 Å². The zero-order valence-electron chi connectivity index (χ0n) is 12.7. The van der Waals surface area contributed by atoms with Gasteiger partial charge in [-0.25, -0.2) is 4.79 Å². The van der Waals surface area contributed by atoms with Gasteiger partial charge in [-0.05, 0) is 49.1 Å². The molecule has 1 amide bonds. The van der Waals surface area contributed by atoms with Gasteiger partial charge in [-0.2, -0.15) is 0 Å². The smallest absolute Gasteiger partial charge is 0.412 e. The van der Waals surface area contributed by atoms with E-state index in [1.165, 1.54) is 5.56 Å². The molecule has 0 radical (unpaired) electrons. The number of aryl methyl sites for hydroxylation is 1. The van der Waals surface area contributed by atoms with E-state index in [1.54, 1.807) is 19.2 Å². The van der Waals surface area contributed by atoms with Crippen molar-refractivity contribution in [2.24, 2.45) is 0 Å². The minimum atomic E-state index is -0.407. The molecule has 0 fully saturated rings. The van der Waals surface area contributed by atoms with Gasteiger partial charge in [-0.15, -0.1) is 0 Å². The Hall–Kier alpha value is -2.49. The summed E-state index contributed by atoms with van der Waals surface area (Å²) in [7, 11) is 1.66. The molecule has 0 atom stereocenters. The van der Waals surface area contributed by atoms with Crippen LogP contribution in [-0.2, 0) is 6.42 Å². The van der Waals surface area contributed by atoms with Gasteiger partial charge in [-0.3, -0.25) is 0 Å². The van der Waals surface area contributed by atoms with Crippen molar-refractivity contribution in [3.8, 4) is 11.5 Å². The van der Waals surface area contributed by atoms with Crippen LogP contribution in [0.2, 0.25) is 0 Å². The number of ether oxygens (including phenoxy) is 2.